The van der Waals surface area contributed by atoms with Crippen LogP contribution in [0.4, 0.5) is 16.2 Å². The van der Waals surface area contributed by atoms with Crippen molar-refractivity contribution >= 4 is 23.3 Å². The molecule has 2 aliphatic heterocycles. The highest BCUT2D eigenvalue weighted by Gasteiger charge is 2.22. The summed E-state index contributed by atoms with van der Waals surface area (Å²) in [4.78, 5) is 25.5. The normalized spacial score (nSPS) is 14.1. The largest absolute Gasteiger partial charge is 0.454 e. The monoisotopic (exact) mass is 353 g/mol. The second-order valence-electron chi connectivity index (χ2n) is 6.26. The van der Waals surface area contributed by atoms with E-state index in [1.807, 2.05) is 18.2 Å². The average Bonchev–Trinajstić information content (AvgIpc) is 3.25. The van der Waals surface area contributed by atoms with Crippen LogP contribution in [0.15, 0.2) is 36.4 Å². The van der Waals surface area contributed by atoms with Crippen LogP contribution in [0.25, 0.3) is 0 Å². The number of benzene rings is 2. The number of ether oxygens (including phenoxy) is 2. The van der Waals surface area contributed by atoms with E-state index in [4.69, 9.17) is 9.47 Å². The van der Waals surface area contributed by atoms with Gasteiger partial charge < -0.3 is 25.0 Å². The van der Waals surface area contributed by atoms with Crippen molar-refractivity contribution in [2.75, 3.05) is 23.6 Å². The zero-order valence-corrected chi connectivity index (χ0v) is 14.4. The molecule has 0 bridgehead atoms. The first kappa shape index (κ1) is 16.3. The van der Waals surface area contributed by atoms with Crippen LogP contribution in [-0.2, 0) is 17.8 Å². The summed E-state index contributed by atoms with van der Waals surface area (Å²) in [5, 5.41) is 5.62. The van der Waals surface area contributed by atoms with Gasteiger partial charge in [-0.3, -0.25) is 4.79 Å². The van der Waals surface area contributed by atoms with Crippen LogP contribution < -0.4 is 25.0 Å². The lowest BCUT2D eigenvalue weighted by Crippen LogP contribution is -2.28. The van der Waals surface area contributed by atoms with Crippen LogP contribution in [0.2, 0.25) is 0 Å². The lowest BCUT2D eigenvalue weighted by atomic mass is 10.1. The number of rotatable bonds is 3. The van der Waals surface area contributed by atoms with Gasteiger partial charge in [-0.15, -0.1) is 0 Å². The smallest absolute Gasteiger partial charge is 0.319 e. The molecule has 0 saturated carbocycles. The highest BCUT2D eigenvalue weighted by molar-refractivity contribution is 5.94. The molecule has 7 heteroatoms. The SMILES string of the molecule is CC(=O)N1CCc2cc(CNC(=O)Nc3ccc4c(c3)OCO4)ccc21. The Balaban J connectivity index is 1.36. The van der Waals surface area contributed by atoms with Gasteiger partial charge >= 0.3 is 6.03 Å². The number of urea groups is 1. The maximum Gasteiger partial charge on any atom is 0.319 e. The van der Waals surface area contributed by atoms with Crippen LogP contribution in [0.3, 0.4) is 0 Å². The van der Waals surface area contributed by atoms with E-state index in [0.29, 0.717) is 30.3 Å². The Morgan fingerprint density at radius 2 is 1.96 bits per heavy atom. The molecular formula is C19H19N3O4. The first-order chi connectivity index (χ1) is 12.6. The van der Waals surface area contributed by atoms with E-state index in [0.717, 1.165) is 23.2 Å². The van der Waals surface area contributed by atoms with Gasteiger partial charge in [-0.1, -0.05) is 12.1 Å². The van der Waals surface area contributed by atoms with Gasteiger partial charge in [-0.2, -0.15) is 0 Å². The molecule has 2 heterocycles. The minimum absolute atomic E-state index is 0.0535. The van der Waals surface area contributed by atoms with Crippen LogP contribution in [0.1, 0.15) is 18.1 Å². The molecule has 0 unspecified atom stereocenters. The van der Waals surface area contributed by atoms with E-state index in [9.17, 15) is 9.59 Å². The van der Waals surface area contributed by atoms with Crippen LogP contribution in [0.5, 0.6) is 11.5 Å². The van der Waals surface area contributed by atoms with Crippen molar-refractivity contribution in [2.45, 2.75) is 19.9 Å². The molecule has 0 spiro atoms. The van der Waals surface area contributed by atoms with Crippen molar-refractivity contribution in [2.24, 2.45) is 0 Å². The molecule has 0 aliphatic carbocycles. The fourth-order valence-corrected chi connectivity index (χ4v) is 3.22. The third-order valence-corrected chi connectivity index (χ3v) is 4.50. The average molecular weight is 353 g/mol. The summed E-state index contributed by atoms with van der Waals surface area (Å²) in [5.41, 5.74) is 3.73. The number of anilines is 2. The number of nitrogens with zero attached hydrogens (tertiary/aromatic N) is 1. The number of hydrogen-bond donors (Lipinski definition) is 2. The molecule has 2 N–H and O–H groups in total. The highest BCUT2D eigenvalue weighted by Crippen LogP contribution is 2.34. The van der Waals surface area contributed by atoms with Gasteiger partial charge in [0.05, 0.1) is 0 Å². The topological polar surface area (TPSA) is 79.9 Å². The van der Waals surface area contributed by atoms with E-state index in [-0.39, 0.29) is 18.7 Å². The number of carbonyl (C=O) groups excluding carboxylic acids is 2. The Morgan fingerprint density at radius 3 is 2.81 bits per heavy atom. The molecule has 2 aromatic carbocycles. The maximum absolute atomic E-state index is 12.1. The minimum Gasteiger partial charge on any atom is -0.454 e. The molecule has 134 valence electrons. The lowest BCUT2D eigenvalue weighted by Gasteiger charge is -2.15. The Kier molecular flexibility index (Phi) is 4.12. The summed E-state index contributed by atoms with van der Waals surface area (Å²) in [6.45, 7) is 2.89. The molecule has 4 rings (SSSR count). The summed E-state index contributed by atoms with van der Waals surface area (Å²) < 4.78 is 10.5. The summed E-state index contributed by atoms with van der Waals surface area (Å²) in [7, 11) is 0. The third-order valence-electron chi connectivity index (χ3n) is 4.50. The number of carbonyl (C=O) groups is 2. The first-order valence-electron chi connectivity index (χ1n) is 8.44. The van der Waals surface area contributed by atoms with Gasteiger partial charge in [-0.05, 0) is 35.7 Å². The standard InChI is InChI=1S/C19H19N3O4/c1-12(23)22-7-6-14-8-13(2-4-16(14)22)10-20-19(24)21-15-3-5-17-18(9-15)26-11-25-17/h2-5,8-9H,6-7,10-11H2,1H3,(H2,20,21,24). The van der Waals surface area contributed by atoms with Crippen molar-refractivity contribution in [3.05, 3.63) is 47.5 Å². The predicted octanol–water partition coefficient (Wildman–Crippen LogP) is 2.65. The predicted molar refractivity (Wildman–Crippen MR) is 96.6 cm³/mol. The molecule has 2 aromatic rings. The van der Waals surface area contributed by atoms with Gasteiger partial charge in [0.1, 0.15) is 0 Å². The molecule has 3 amide bonds. The molecule has 0 atom stereocenters. The molecule has 7 nitrogen and oxygen atoms in total. The van der Waals surface area contributed by atoms with E-state index >= 15 is 0 Å². The zero-order chi connectivity index (χ0) is 18.1. The van der Waals surface area contributed by atoms with E-state index in [2.05, 4.69) is 10.6 Å². The van der Waals surface area contributed by atoms with E-state index < -0.39 is 0 Å². The third kappa shape index (κ3) is 3.15. The van der Waals surface area contributed by atoms with Crippen molar-refractivity contribution < 1.29 is 19.1 Å². The maximum atomic E-state index is 12.1. The quantitative estimate of drug-likeness (QED) is 0.889. The highest BCUT2D eigenvalue weighted by atomic mass is 16.7. The summed E-state index contributed by atoms with van der Waals surface area (Å²) in [5.74, 6) is 1.35. The van der Waals surface area contributed by atoms with Crippen LogP contribution >= 0.6 is 0 Å². The lowest BCUT2D eigenvalue weighted by molar-refractivity contribution is -0.116. The van der Waals surface area contributed by atoms with Crippen molar-refractivity contribution in [1.82, 2.24) is 5.32 Å². The summed E-state index contributed by atoms with van der Waals surface area (Å²) >= 11 is 0. The molecule has 0 fully saturated rings. The van der Waals surface area contributed by atoms with Crippen molar-refractivity contribution in [1.29, 1.82) is 0 Å². The van der Waals surface area contributed by atoms with Crippen LogP contribution in [0, 0.1) is 0 Å². The van der Waals surface area contributed by atoms with Crippen molar-refractivity contribution in [3.63, 3.8) is 0 Å². The van der Waals surface area contributed by atoms with E-state index in [1.54, 1.807) is 30.0 Å². The molecule has 0 radical (unpaired) electrons. The number of hydrogen-bond acceptors (Lipinski definition) is 4. The molecule has 26 heavy (non-hydrogen) atoms. The Morgan fingerprint density at radius 1 is 1.12 bits per heavy atom. The van der Waals surface area contributed by atoms with Crippen molar-refractivity contribution in [3.8, 4) is 11.5 Å². The second kappa shape index (κ2) is 6.59. The van der Waals surface area contributed by atoms with Gasteiger partial charge in [-0.25, -0.2) is 4.79 Å². The summed E-state index contributed by atoms with van der Waals surface area (Å²) in [6.07, 6.45) is 0.839. The van der Waals surface area contributed by atoms with Gasteiger partial charge in [0.2, 0.25) is 12.7 Å². The molecule has 0 saturated heterocycles. The minimum atomic E-state index is -0.297. The Hall–Kier alpha value is -3.22. The molecular weight excluding hydrogens is 334 g/mol. The summed E-state index contributed by atoms with van der Waals surface area (Å²) in [6, 6.07) is 10.9. The van der Waals surface area contributed by atoms with Gasteiger partial charge in [0.25, 0.3) is 0 Å². The number of nitrogens with one attached hydrogen (secondary N) is 2. The van der Waals surface area contributed by atoms with Gasteiger partial charge in [0, 0.05) is 37.5 Å². The number of amides is 3. The zero-order valence-electron chi connectivity index (χ0n) is 14.4. The van der Waals surface area contributed by atoms with E-state index in [1.165, 1.54) is 0 Å². The van der Waals surface area contributed by atoms with Crippen LogP contribution in [-0.4, -0.2) is 25.3 Å². The molecule has 0 aromatic heterocycles. The molecule has 2 aliphatic rings. The Labute approximate surface area is 150 Å². The fourth-order valence-electron chi connectivity index (χ4n) is 3.22. The van der Waals surface area contributed by atoms with Gasteiger partial charge in [0.15, 0.2) is 11.5 Å². The number of fused-ring (bicyclic) bond motifs is 2. The Bertz CT molecular complexity index is 881. The fraction of sp³-hybridized carbons (Fsp3) is 0.263. The second-order valence-corrected chi connectivity index (χ2v) is 6.26. The first-order valence-corrected chi connectivity index (χ1v) is 8.44.